The molecule has 7 heteroatoms. The van der Waals surface area contributed by atoms with Crippen LogP contribution in [0.1, 0.15) is 33.4 Å². The highest BCUT2D eigenvalue weighted by atomic mass is 16.5. The molecule has 1 aliphatic rings. The lowest BCUT2D eigenvalue weighted by molar-refractivity contribution is -0.143. The van der Waals surface area contributed by atoms with Gasteiger partial charge in [0.1, 0.15) is 0 Å². The lowest BCUT2D eigenvalue weighted by atomic mass is 10.0. The molecule has 1 aromatic heterocycles. The van der Waals surface area contributed by atoms with Gasteiger partial charge in [0.15, 0.2) is 11.7 Å². The summed E-state index contributed by atoms with van der Waals surface area (Å²) in [5.74, 6) is -0.919. The van der Waals surface area contributed by atoms with Crippen LogP contribution in [0, 0.1) is 0 Å². The van der Waals surface area contributed by atoms with Crippen molar-refractivity contribution in [2.45, 2.75) is 19.0 Å². The highest BCUT2D eigenvalue weighted by molar-refractivity contribution is 5.96. The summed E-state index contributed by atoms with van der Waals surface area (Å²) in [4.78, 5) is 24.6. The van der Waals surface area contributed by atoms with Gasteiger partial charge in [-0.15, -0.1) is 0 Å². The number of aromatic amines is 1. The summed E-state index contributed by atoms with van der Waals surface area (Å²) < 4.78 is 4.80. The number of rotatable bonds is 4. The number of nitrogens with one attached hydrogen (secondary N) is 3. The van der Waals surface area contributed by atoms with Crippen molar-refractivity contribution in [3.8, 4) is 0 Å². The third kappa shape index (κ3) is 3.09. The number of benzene rings is 1. The second kappa shape index (κ2) is 6.62. The number of nitrogens with zero attached hydrogens (tertiary/aromatic N) is 1. The molecule has 120 valence electrons. The van der Waals surface area contributed by atoms with Gasteiger partial charge >= 0.3 is 5.97 Å². The molecule has 23 heavy (non-hydrogen) atoms. The van der Waals surface area contributed by atoms with E-state index in [0.717, 1.165) is 24.2 Å². The Morgan fingerprint density at radius 2 is 2.09 bits per heavy atom. The summed E-state index contributed by atoms with van der Waals surface area (Å²) in [5, 5.41) is 12.9. The van der Waals surface area contributed by atoms with Crippen molar-refractivity contribution in [1.29, 1.82) is 0 Å². The number of aromatic nitrogens is 2. The van der Waals surface area contributed by atoms with Crippen molar-refractivity contribution >= 4 is 11.9 Å². The molecule has 0 bridgehead atoms. The molecule has 1 aromatic carbocycles. The first-order valence-electron chi connectivity index (χ1n) is 7.41. The van der Waals surface area contributed by atoms with Crippen LogP contribution in [0.15, 0.2) is 30.3 Å². The molecular weight excluding hydrogens is 296 g/mol. The van der Waals surface area contributed by atoms with E-state index in [0.29, 0.717) is 17.8 Å². The van der Waals surface area contributed by atoms with E-state index in [1.807, 2.05) is 6.07 Å². The first-order chi connectivity index (χ1) is 11.2. The summed E-state index contributed by atoms with van der Waals surface area (Å²) in [6.45, 7) is 1.44. The van der Waals surface area contributed by atoms with Crippen LogP contribution in [-0.4, -0.2) is 35.7 Å². The molecular formula is C16H18N4O3. The zero-order chi connectivity index (χ0) is 16.2. The number of methoxy groups -OCH3 is 1. The molecule has 3 N–H and O–H groups in total. The van der Waals surface area contributed by atoms with Gasteiger partial charge in [-0.3, -0.25) is 9.89 Å². The maximum absolute atomic E-state index is 12.6. The second-order valence-corrected chi connectivity index (χ2v) is 5.30. The Balaban J connectivity index is 1.84. The fourth-order valence-corrected chi connectivity index (χ4v) is 2.65. The van der Waals surface area contributed by atoms with Gasteiger partial charge in [0.25, 0.3) is 5.91 Å². The third-order valence-electron chi connectivity index (χ3n) is 3.87. The minimum Gasteiger partial charge on any atom is -0.467 e. The third-order valence-corrected chi connectivity index (χ3v) is 3.87. The summed E-state index contributed by atoms with van der Waals surface area (Å²) in [6, 6.07) is 8.12. The summed E-state index contributed by atoms with van der Waals surface area (Å²) in [7, 11) is 1.30. The van der Waals surface area contributed by atoms with Gasteiger partial charge in [-0.05, 0) is 5.56 Å². The van der Waals surface area contributed by atoms with E-state index in [2.05, 4.69) is 20.8 Å². The average molecular weight is 314 g/mol. The van der Waals surface area contributed by atoms with E-state index < -0.39 is 17.9 Å². The number of esters is 1. The lowest BCUT2D eigenvalue weighted by Crippen LogP contribution is -2.35. The normalized spacial score (nSPS) is 14.7. The van der Waals surface area contributed by atoms with Gasteiger partial charge in [0.2, 0.25) is 0 Å². The molecule has 1 atom stereocenters. The summed E-state index contributed by atoms with van der Waals surface area (Å²) in [6.07, 6.45) is 0.800. The van der Waals surface area contributed by atoms with Crippen LogP contribution in [0.25, 0.3) is 0 Å². The largest absolute Gasteiger partial charge is 0.467 e. The molecule has 0 aliphatic carbocycles. The maximum Gasteiger partial charge on any atom is 0.333 e. The first-order valence-corrected chi connectivity index (χ1v) is 7.41. The quantitative estimate of drug-likeness (QED) is 0.722. The van der Waals surface area contributed by atoms with Gasteiger partial charge in [0, 0.05) is 30.8 Å². The van der Waals surface area contributed by atoms with E-state index in [9.17, 15) is 9.59 Å². The van der Waals surface area contributed by atoms with Gasteiger partial charge in [-0.25, -0.2) is 4.79 Å². The van der Waals surface area contributed by atoms with E-state index in [-0.39, 0.29) is 0 Å². The van der Waals surface area contributed by atoms with E-state index >= 15 is 0 Å². The van der Waals surface area contributed by atoms with Crippen LogP contribution < -0.4 is 10.6 Å². The number of hydrogen-bond acceptors (Lipinski definition) is 5. The number of H-pyrrole nitrogens is 1. The molecule has 0 radical (unpaired) electrons. The minimum absolute atomic E-state index is 0.317. The predicted octanol–water partition coefficient (Wildman–Crippen LogP) is 0.699. The first kappa shape index (κ1) is 15.2. The Bertz CT molecular complexity index is 711. The van der Waals surface area contributed by atoms with Crippen LogP contribution >= 0.6 is 0 Å². The molecule has 2 heterocycles. The van der Waals surface area contributed by atoms with E-state index in [4.69, 9.17) is 4.74 Å². The number of fused-ring (bicyclic) bond motifs is 1. The number of carbonyl (C=O) groups excluding carboxylic acids is 2. The van der Waals surface area contributed by atoms with Crippen LogP contribution in [0.5, 0.6) is 0 Å². The number of carbonyl (C=O) groups is 2. The zero-order valence-electron chi connectivity index (χ0n) is 12.8. The van der Waals surface area contributed by atoms with Crippen molar-refractivity contribution in [3.63, 3.8) is 0 Å². The smallest absolute Gasteiger partial charge is 0.333 e. The summed E-state index contributed by atoms with van der Waals surface area (Å²) in [5.41, 5.74) is 2.79. The molecule has 3 rings (SSSR count). The Morgan fingerprint density at radius 3 is 2.83 bits per heavy atom. The maximum atomic E-state index is 12.6. The molecule has 0 fully saturated rings. The van der Waals surface area contributed by atoms with Crippen molar-refractivity contribution in [3.05, 3.63) is 52.8 Å². The number of ether oxygens (including phenoxy) is 1. The monoisotopic (exact) mass is 314 g/mol. The fraction of sp³-hybridized carbons (Fsp3) is 0.312. The molecule has 1 amide bonds. The molecule has 2 aromatic rings. The van der Waals surface area contributed by atoms with Crippen LogP contribution in [0.3, 0.4) is 0 Å². The average Bonchev–Trinajstić information content (AvgIpc) is 3.04. The fourth-order valence-electron chi connectivity index (χ4n) is 2.65. The van der Waals surface area contributed by atoms with E-state index in [1.54, 1.807) is 24.3 Å². The zero-order valence-corrected chi connectivity index (χ0v) is 12.8. The number of hydrogen-bond donors (Lipinski definition) is 3. The predicted molar refractivity (Wildman–Crippen MR) is 82.7 cm³/mol. The molecule has 1 unspecified atom stereocenters. The van der Waals surface area contributed by atoms with Crippen LogP contribution in [0.4, 0.5) is 0 Å². The Kier molecular flexibility index (Phi) is 4.38. The topological polar surface area (TPSA) is 96.1 Å². The van der Waals surface area contributed by atoms with Crippen molar-refractivity contribution in [2.75, 3.05) is 13.7 Å². The van der Waals surface area contributed by atoms with Crippen molar-refractivity contribution in [1.82, 2.24) is 20.8 Å². The van der Waals surface area contributed by atoms with Crippen molar-refractivity contribution in [2.24, 2.45) is 0 Å². The standard InChI is InChI=1S/C16H18N4O3/c1-23-16(22)13(10-5-3-2-4-6-10)18-15(21)14-11-9-17-8-7-12(11)19-20-14/h2-6,13,17H,7-9H2,1H3,(H,18,21)(H,19,20). The molecule has 1 aliphatic heterocycles. The SMILES string of the molecule is COC(=O)C(NC(=O)c1n[nH]c2c1CNCC2)c1ccccc1. The minimum atomic E-state index is -0.863. The Hall–Kier alpha value is -2.67. The van der Waals surface area contributed by atoms with Crippen LogP contribution in [0.2, 0.25) is 0 Å². The second-order valence-electron chi connectivity index (χ2n) is 5.30. The van der Waals surface area contributed by atoms with Gasteiger partial charge in [0.05, 0.1) is 7.11 Å². The molecule has 0 saturated heterocycles. The van der Waals surface area contributed by atoms with E-state index in [1.165, 1.54) is 7.11 Å². The van der Waals surface area contributed by atoms with Gasteiger partial charge in [-0.2, -0.15) is 5.10 Å². The molecule has 0 saturated carbocycles. The lowest BCUT2D eigenvalue weighted by Gasteiger charge is -2.17. The van der Waals surface area contributed by atoms with Gasteiger partial charge in [-0.1, -0.05) is 30.3 Å². The summed E-state index contributed by atoms with van der Waals surface area (Å²) >= 11 is 0. The van der Waals surface area contributed by atoms with Crippen LogP contribution in [-0.2, 0) is 22.5 Å². The molecule has 7 nitrogen and oxygen atoms in total. The number of amides is 1. The van der Waals surface area contributed by atoms with Crippen molar-refractivity contribution < 1.29 is 14.3 Å². The van der Waals surface area contributed by atoms with Gasteiger partial charge < -0.3 is 15.4 Å². The molecule has 0 spiro atoms. The highest BCUT2D eigenvalue weighted by Crippen LogP contribution is 2.18. The Morgan fingerprint density at radius 1 is 1.30 bits per heavy atom. The highest BCUT2D eigenvalue weighted by Gasteiger charge is 2.27. The Labute approximate surface area is 133 Å².